The molecule has 0 aliphatic heterocycles. The Morgan fingerprint density at radius 1 is 1.00 bits per heavy atom. The van der Waals surface area contributed by atoms with E-state index in [4.69, 9.17) is 10.2 Å². The van der Waals surface area contributed by atoms with Gasteiger partial charge in [0, 0.05) is 12.0 Å². The monoisotopic (exact) mass is 206 g/mol. The Morgan fingerprint density at radius 3 is 2.27 bits per heavy atom. The standard InChI is InChI=1S/C10H8O2.C2H6O/c11-9-6-5-7-3-1-2-4-8(7)10(9)12;1-2-3/h1-6,11-12H;3H,2H2,1H3. The fraction of sp³-hybridized carbons (Fsp3) is 0.167. The molecule has 0 unspecified atom stereocenters. The van der Waals surface area contributed by atoms with Crippen molar-refractivity contribution in [3.63, 3.8) is 0 Å². The van der Waals surface area contributed by atoms with Gasteiger partial charge in [0.2, 0.25) is 0 Å². The Labute approximate surface area is 88.2 Å². The first-order valence-electron chi connectivity index (χ1n) is 4.71. The normalized spacial score (nSPS) is 9.47. The van der Waals surface area contributed by atoms with Crippen LogP contribution < -0.4 is 0 Å². The number of aliphatic hydroxyl groups is 1. The van der Waals surface area contributed by atoms with Gasteiger partial charge in [-0.1, -0.05) is 30.3 Å². The highest BCUT2D eigenvalue weighted by atomic mass is 16.3. The summed E-state index contributed by atoms with van der Waals surface area (Å²) >= 11 is 0. The lowest BCUT2D eigenvalue weighted by Gasteiger charge is -2.01. The van der Waals surface area contributed by atoms with E-state index in [0.717, 1.165) is 5.39 Å². The van der Waals surface area contributed by atoms with Crippen LogP contribution in [0.25, 0.3) is 10.8 Å². The van der Waals surface area contributed by atoms with E-state index in [1.54, 1.807) is 19.1 Å². The fourth-order valence-electron chi connectivity index (χ4n) is 1.24. The predicted molar refractivity (Wildman–Crippen MR) is 60.0 cm³/mol. The Morgan fingerprint density at radius 2 is 1.60 bits per heavy atom. The molecule has 2 rings (SSSR count). The maximum absolute atomic E-state index is 9.41. The van der Waals surface area contributed by atoms with Crippen LogP contribution in [0.15, 0.2) is 36.4 Å². The van der Waals surface area contributed by atoms with Gasteiger partial charge in [-0.2, -0.15) is 0 Å². The molecule has 0 atom stereocenters. The van der Waals surface area contributed by atoms with Crippen LogP contribution in [-0.4, -0.2) is 21.9 Å². The average Bonchev–Trinajstić information content (AvgIpc) is 2.25. The summed E-state index contributed by atoms with van der Waals surface area (Å²) in [5.74, 6) is -0.123. The van der Waals surface area contributed by atoms with Gasteiger partial charge in [-0.3, -0.25) is 0 Å². The van der Waals surface area contributed by atoms with Crippen molar-refractivity contribution in [2.75, 3.05) is 6.61 Å². The number of fused-ring (bicyclic) bond motifs is 1. The molecule has 3 nitrogen and oxygen atoms in total. The zero-order chi connectivity index (χ0) is 11.3. The summed E-state index contributed by atoms with van der Waals surface area (Å²) < 4.78 is 0. The van der Waals surface area contributed by atoms with Crippen LogP contribution in [0.5, 0.6) is 11.5 Å². The van der Waals surface area contributed by atoms with E-state index >= 15 is 0 Å². The first-order chi connectivity index (χ1) is 7.20. The van der Waals surface area contributed by atoms with Crippen LogP contribution in [0.3, 0.4) is 0 Å². The maximum atomic E-state index is 9.41. The number of benzene rings is 2. The topological polar surface area (TPSA) is 60.7 Å². The van der Waals surface area contributed by atoms with Crippen molar-refractivity contribution in [1.29, 1.82) is 0 Å². The maximum Gasteiger partial charge on any atom is 0.165 e. The van der Waals surface area contributed by atoms with Crippen LogP contribution in [-0.2, 0) is 0 Å². The largest absolute Gasteiger partial charge is 0.504 e. The molecule has 0 fully saturated rings. The van der Waals surface area contributed by atoms with E-state index < -0.39 is 0 Å². The molecule has 80 valence electrons. The molecule has 0 bridgehead atoms. The van der Waals surface area contributed by atoms with E-state index in [2.05, 4.69) is 0 Å². The molecule has 0 radical (unpaired) electrons. The first kappa shape index (κ1) is 11.3. The van der Waals surface area contributed by atoms with E-state index in [9.17, 15) is 5.11 Å². The number of hydrogen-bond acceptors (Lipinski definition) is 3. The number of phenols is 2. The first-order valence-corrected chi connectivity index (χ1v) is 4.71. The molecule has 3 N–H and O–H groups in total. The van der Waals surface area contributed by atoms with Gasteiger partial charge in [0.15, 0.2) is 11.5 Å². The van der Waals surface area contributed by atoms with Gasteiger partial charge in [-0.25, -0.2) is 0 Å². The van der Waals surface area contributed by atoms with E-state index in [1.807, 2.05) is 18.2 Å². The van der Waals surface area contributed by atoms with Gasteiger partial charge in [0.1, 0.15) is 0 Å². The molecule has 0 aliphatic carbocycles. The lowest BCUT2D eigenvalue weighted by atomic mass is 10.1. The minimum absolute atomic E-state index is 0.0481. The minimum Gasteiger partial charge on any atom is -0.504 e. The van der Waals surface area contributed by atoms with Crippen molar-refractivity contribution in [3.05, 3.63) is 36.4 Å². The van der Waals surface area contributed by atoms with Crippen LogP contribution in [0.4, 0.5) is 0 Å². The SMILES string of the molecule is CCO.Oc1ccc2ccccc2c1O. The number of hydrogen-bond donors (Lipinski definition) is 3. The summed E-state index contributed by atoms with van der Waals surface area (Å²) in [6, 6.07) is 10.6. The zero-order valence-corrected chi connectivity index (χ0v) is 8.51. The molecule has 0 amide bonds. The van der Waals surface area contributed by atoms with Crippen molar-refractivity contribution >= 4 is 10.8 Å². The fourth-order valence-corrected chi connectivity index (χ4v) is 1.24. The number of aliphatic hydroxyl groups excluding tert-OH is 1. The number of rotatable bonds is 0. The summed E-state index contributed by atoms with van der Waals surface area (Å²) in [4.78, 5) is 0. The summed E-state index contributed by atoms with van der Waals surface area (Å²) in [6.07, 6.45) is 0. The Hall–Kier alpha value is -1.74. The molecule has 0 saturated carbocycles. The van der Waals surface area contributed by atoms with Crippen LogP contribution in [0.2, 0.25) is 0 Å². The van der Waals surface area contributed by atoms with Gasteiger partial charge in [0.25, 0.3) is 0 Å². The Kier molecular flexibility index (Phi) is 3.94. The van der Waals surface area contributed by atoms with Crippen LogP contribution in [0, 0.1) is 0 Å². The van der Waals surface area contributed by atoms with E-state index in [0.29, 0.717) is 5.39 Å². The quantitative estimate of drug-likeness (QED) is 0.579. The van der Waals surface area contributed by atoms with Gasteiger partial charge in [0.05, 0.1) is 0 Å². The molecule has 2 aromatic rings. The van der Waals surface area contributed by atoms with Gasteiger partial charge < -0.3 is 15.3 Å². The van der Waals surface area contributed by atoms with Gasteiger partial charge in [-0.15, -0.1) is 0 Å². The van der Waals surface area contributed by atoms with Crippen molar-refractivity contribution in [3.8, 4) is 11.5 Å². The third-order valence-electron chi connectivity index (χ3n) is 1.88. The highest BCUT2D eigenvalue weighted by Gasteiger charge is 2.02. The highest BCUT2D eigenvalue weighted by molar-refractivity contribution is 5.90. The third kappa shape index (κ3) is 2.60. The van der Waals surface area contributed by atoms with Crippen molar-refractivity contribution in [1.82, 2.24) is 0 Å². The molecule has 0 heterocycles. The van der Waals surface area contributed by atoms with Crippen molar-refractivity contribution in [2.45, 2.75) is 6.92 Å². The third-order valence-corrected chi connectivity index (χ3v) is 1.88. The smallest absolute Gasteiger partial charge is 0.165 e. The second kappa shape index (κ2) is 5.22. The second-order valence-corrected chi connectivity index (χ2v) is 2.97. The highest BCUT2D eigenvalue weighted by Crippen LogP contribution is 2.32. The lowest BCUT2D eigenvalue weighted by Crippen LogP contribution is -1.73. The lowest BCUT2D eigenvalue weighted by molar-refractivity contribution is 0.318. The Balaban J connectivity index is 0.000000337. The average molecular weight is 206 g/mol. The summed E-state index contributed by atoms with van der Waals surface area (Å²) in [7, 11) is 0. The molecule has 0 aliphatic rings. The molecule has 15 heavy (non-hydrogen) atoms. The number of phenolic OH excluding ortho intramolecular Hbond substituents is 2. The number of aromatic hydroxyl groups is 2. The van der Waals surface area contributed by atoms with Gasteiger partial charge >= 0.3 is 0 Å². The Bertz CT molecular complexity index is 438. The van der Waals surface area contributed by atoms with E-state index in [1.165, 1.54) is 6.07 Å². The van der Waals surface area contributed by atoms with Crippen molar-refractivity contribution in [2.24, 2.45) is 0 Å². The molecule has 0 saturated heterocycles. The van der Waals surface area contributed by atoms with E-state index in [-0.39, 0.29) is 18.1 Å². The summed E-state index contributed by atoms with van der Waals surface area (Å²) in [5.41, 5.74) is 0. The second-order valence-electron chi connectivity index (χ2n) is 2.97. The molecule has 0 aromatic heterocycles. The zero-order valence-electron chi connectivity index (χ0n) is 8.51. The van der Waals surface area contributed by atoms with Crippen molar-refractivity contribution < 1.29 is 15.3 Å². The summed E-state index contributed by atoms with van der Waals surface area (Å²) in [5, 5.41) is 27.7. The predicted octanol–water partition coefficient (Wildman–Crippen LogP) is 2.25. The molecule has 2 aromatic carbocycles. The van der Waals surface area contributed by atoms with Gasteiger partial charge in [-0.05, 0) is 18.4 Å². The molecule has 3 heteroatoms. The van der Waals surface area contributed by atoms with Crippen LogP contribution in [0.1, 0.15) is 6.92 Å². The minimum atomic E-state index is -0.0753. The molecular weight excluding hydrogens is 192 g/mol. The van der Waals surface area contributed by atoms with Crippen LogP contribution >= 0.6 is 0 Å². The molecule has 0 spiro atoms. The summed E-state index contributed by atoms with van der Waals surface area (Å²) in [6.45, 7) is 1.93. The molecular formula is C12H14O3.